The zero-order valence-electron chi connectivity index (χ0n) is 10.2. The van der Waals surface area contributed by atoms with Crippen molar-refractivity contribution in [2.24, 2.45) is 5.92 Å². The van der Waals surface area contributed by atoms with Gasteiger partial charge in [-0.05, 0) is 25.0 Å². The summed E-state index contributed by atoms with van der Waals surface area (Å²) in [4.78, 5) is 15.5. The Kier molecular flexibility index (Phi) is 3.06. The molecule has 1 unspecified atom stereocenters. The van der Waals surface area contributed by atoms with Gasteiger partial charge in [-0.3, -0.25) is 4.79 Å². The lowest BCUT2D eigenvalue weighted by atomic mass is 9.98. The molecule has 1 atom stereocenters. The molecule has 1 aliphatic rings. The number of rotatable bonds is 3. The summed E-state index contributed by atoms with van der Waals surface area (Å²) in [5.41, 5.74) is 0.931. The van der Waals surface area contributed by atoms with Crippen molar-refractivity contribution in [3.8, 4) is 0 Å². The van der Waals surface area contributed by atoms with Crippen LogP contribution in [0.1, 0.15) is 23.7 Å². The smallest absolute Gasteiger partial charge is 0.308 e. The van der Waals surface area contributed by atoms with Gasteiger partial charge in [-0.2, -0.15) is 0 Å². The highest BCUT2D eigenvalue weighted by Crippen LogP contribution is 2.28. The van der Waals surface area contributed by atoms with Crippen molar-refractivity contribution in [2.45, 2.75) is 25.8 Å². The summed E-state index contributed by atoms with van der Waals surface area (Å²) in [5.74, 6) is 0.426. The molecule has 0 amide bonds. The maximum Gasteiger partial charge on any atom is 0.308 e. The summed E-state index contributed by atoms with van der Waals surface area (Å²) in [7, 11) is 0. The quantitative estimate of drug-likeness (QED) is 0.937. The molecule has 1 aliphatic heterocycles. The molecule has 5 nitrogen and oxygen atoms in total. The fourth-order valence-electron chi connectivity index (χ4n) is 2.49. The summed E-state index contributed by atoms with van der Waals surface area (Å²) >= 11 is 6.12. The molecule has 0 saturated heterocycles. The van der Waals surface area contributed by atoms with Crippen LogP contribution in [0.2, 0.25) is 5.15 Å². The first-order valence-electron chi connectivity index (χ1n) is 6.14. The van der Waals surface area contributed by atoms with Crippen molar-refractivity contribution in [1.82, 2.24) is 9.55 Å². The Hall–Kier alpha value is -1.75. The van der Waals surface area contributed by atoms with E-state index in [9.17, 15) is 4.79 Å². The van der Waals surface area contributed by atoms with Crippen LogP contribution < -0.4 is 0 Å². The van der Waals surface area contributed by atoms with Crippen molar-refractivity contribution in [2.75, 3.05) is 0 Å². The highest BCUT2D eigenvalue weighted by molar-refractivity contribution is 6.30. The molecule has 3 heterocycles. The molecule has 0 aromatic carbocycles. The second-order valence-corrected chi connectivity index (χ2v) is 5.06. The monoisotopic (exact) mass is 280 g/mol. The molecule has 1 N–H and O–H groups in total. The standard InChI is InChI=1S/C13H13ClN2O3/c14-12-10-4-3-8(13(17)18)7-16(10)11(15-12)6-9-2-1-5-19-9/h1-2,5,8H,3-4,6-7H2,(H,17,18). The van der Waals surface area contributed by atoms with Gasteiger partial charge in [-0.15, -0.1) is 0 Å². The number of carbonyl (C=O) groups is 1. The molecule has 19 heavy (non-hydrogen) atoms. The number of imidazole rings is 1. The number of furan rings is 1. The van der Waals surface area contributed by atoms with Gasteiger partial charge in [0.15, 0.2) is 5.15 Å². The zero-order valence-corrected chi connectivity index (χ0v) is 10.9. The summed E-state index contributed by atoms with van der Waals surface area (Å²) in [5, 5.41) is 9.61. The van der Waals surface area contributed by atoms with Crippen LogP contribution in [0.5, 0.6) is 0 Å². The highest BCUT2D eigenvalue weighted by Gasteiger charge is 2.28. The first kappa shape index (κ1) is 12.3. The molecule has 0 saturated carbocycles. The van der Waals surface area contributed by atoms with E-state index in [2.05, 4.69) is 4.98 Å². The lowest BCUT2D eigenvalue weighted by Crippen LogP contribution is -2.27. The van der Waals surface area contributed by atoms with Crippen molar-refractivity contribution < 1.29 is 14.3 Å². The number of aromatic nitrogens is 2. The predicted octanol–water partition coefficient (Wildman–Crippen LogP) is 2.37. The fraction of sp³-hybridized carbons (Fsp3) is 0.385. The van der Waals surface area contributed by atoms with Crippen LogP contribution in [0.3, 0.4) is 0 Å². The van der Waals surface area contributed by atoms with Crippen LogP contribution in [0.15, 0.2) is 22.8 Å². The Labute approximate surface area is 114 Å². The van der Waals surface area contributed by atoms with E-state index in [1.807, 2.05) is 16.7 Å². The van der Waals surface area contributed by atoms with Gasteiger partial charge in [0.1, 0.15) is 11.6 Å². The third-order valence-electron chi connectivity index (χ3n) is 3.50. The van der Waals surface area contributed by atoms with Crippen molar-refractivity contribution >= 4 is 17.6 Å². The molecule has 0 bridgehead atoms. The van der Waals surface area contributed by atoms with Gasteiger partial charge in [0, 0.05) is 6.54 Å². The average molecular weight is 281 g/mol. The molecular weight excluding hydrogens is 268 g/mol. The molecule has 100 valence electrons. The molecule has 0 aliphatic carbocycles. The number of nitrogens with zero attached hydrogens (tertiary/aromatic N) is 2. The van der Waals surface area contributed by atoms with E-state index in [0.717, 1.165) is 17.3 Å². The van der Waals surface area contributed by atoms with Crippen molar-refractivity contribution in [3.63, 3.8) is 0 Å². The van der Waals surface area contributed by atoms with Crippen LogP contribution in [0.4, 0.5) is 0 Å². The maximum atomic E-state index is 11.1. The normalized spacial score (nSPS) is 18.3. The first-order valence-corrected chi connectivity index (χ1v) is 6.52. The molecule has 2 aromatic heterocycles. The molecule has 6 heteroatoms. The number of carboxylic acids is 1. The summed E-state index contributed by atoms with van der Waals surface area (Å²) in [6, 6.07) is 3.68. The summed E-state index contributed by atoms with van der Waals surface area (Å²) in [6.45, 7) is 0.431. The fourth-order valence-corrected chi connectivity index (χ4v) is 2.78. The van der Waals surface area contributed by atoms with Crippen molar-refractivity contribution in [3.05, 3.63) is 40.8 Å². The van der Waals surface area contributed by atoms with Crippen LogP contribution in [-0.4, -0.2) is 20.6 Å². The van der Waals surface area contributed by atoms with Gasteiger partial charge in [-0.1, -0.05) is 11.6 Å². The predicted molar refractivity (Wildman–Crippen MR) is 68.2 cm³/mol. The molecular formula is C13H13ClN2O3. The topological polar surface area (TPSA) is 68.3 Å². The van der Waals surface area contributed by atoms with E-state index in [1.165, 1.54) is 0 Å². The van der Waals surface area contributed by atoms with Gasteiger partial charge in [0.05, 0.1) is 24.3 Å². The maximum absolute atomic E-state index is 11.1. The van der Waals surface area contributed by atoms with Gasteiger partial charge >= 0.3 is 5.97 Å². The summed E-state index contributed by atoms with van der Waals surface area (Å²) in [6.07, 6.45) is 3.40. The molecule has 3 rings (SSSR count). The highest BCUT2D eigenvalue weighted by atomic mass is 35.5. The van der Waals surface area contributed by atoms with Crippen LogP contribution in [0, 0.1) is 5.92 Å². The molecule has 0 fully saturated rings. The number of hydrogen-bond donors (Lipinski definition) is 1. The second kappa shape index (κ2) is 4.74. The Morgan fingerprint density at radius 3 is 3.16 bits per heavy atom. The minimum Gasteiger partial charge on any atom is -0.481 e. The van der Waals surface area contributed by atoms with E-state index in [0.29, 0.717) is 31.0 Å². The van der Waals surface area contributed by atoms with Crippen molar-refractivity contribution in [1.29, 1.82) is 0 Å². The van der Waals surface area contributed by atoms with Crippen LogP contribution >= 0.6 is 11.6 Å². The Morgan fingerprint density at radius 1 is 1.63 bits per heavy atom. The van der Waals surface area contributed by atoms with E-state index < -0.39 is 5.97 Å². The lowest BCUT2D eigenvalue weighted by molar-refractivity contribution is -0.142. The van der Waals surface area contributed by atoms with Gasteiger partial charge in [0.25, 0.3) is 0 Å². The number of halogens is 1. The SMILES string of the molecule is O=C(O)C1CCc2c(Cl)nc(Cc3ccco3)n2C1. The third-order valence-corrected chi connectivity index (χ3v) is 3.80. The summed E-state index contributed by atoms with van der Waals surface area (Å²) < 4.78 is 7.22. The largest absolute Gasteiger partial charge is 0.481 e. The number of hydrogen-bond acceptors (Lipinski definition) is 3. The Morgan fingerprint density at radius 2 is 2.47 bits per heavy atom. The van der Waals surface area contributed by atoms with Gasteiger partial charge in [-0.25, -0.2) is 4.98 Å². The van der Waals surface area contributed by atoms with E-state index in [-0.39, 0.29) is 5.92 Å². The van der Waals surface area contributed by atoms with Gasteiger partial charge < -0.3 is 14.1 Å². The zero-order chi connectivity index (χ0) is 13.4. The molecule has 0 spiro atoms. The average Bonchev–Trinajstić information content (AvgIpc) is 2.99. The number of aliphatic carboxylic acids is 1. The molecule has 2 aromatic rings. The van der Waals surface area contributed by atoms with E-state index >= 15 is 0 Å². The number of carboxylic acid groups (broad SMARTS) is 1. The van der Waals surface area contributed by atoms with Crippen LogP contribution in [0.25, 0.3) is 0 Å². The first-order chi connectivity index (χ1) is 9.15. The number of fused-ring (bicyclic) bond motifs is 1. The lowest BCUT2D eigenvalue weighted by Gasteiger charge is -2.22. The second-order valence-electron chi connectivity index (χ2n) is 4.71. The van der Waals surface area contributed by atoms with Crippen LogP contribution in [-0.2, 0) is 24.2 Å². The van der Waals surface area contributed by atoms with E-state index in [4.69, 9.17) is 21.1 Å². The third kappa shape index (κ3) is 2.26. The molecule has 0 radical (unpaired) electrons. The Balaban J connectivity index is 1.92. The van der Waals surface area contributed by atoms with E-state index in [1.54, 1.807) is 6.26 Å². The van der Waals surface area contributed by atoms with Gasteiger partial charge in [0.2, 0.25) is 0 Å². The Bertz CT molecular complexity index is 604. The minimum absolute atomic E-state index is 0.367. The minimum atomic E-state index is -0.764.